The molecule has 0 aliphatic heterocycles. The van der Waals surface area contributed by atoms with Crippen LogP contribution in [0.15, 0.2) is 53.6 Å². The predicted molar refractivity (Wildman–Crippen MR) is 103 cm³/mol. The molecule has 0 amide bonds. The van der Waals surface area contributed by atoms with Crippen LogP contribution in [0.5, 0.6) is 17.2 Å². The van der Waals surface area contributed by atoms with Crippen LogP contribution >= 0.6 is 0 Å². The molecule has 0 saturated heterocycles. The number of benzene rings is 2. The van der Waals surface area contributed by atoms with E-state index in [1.807, 2.05) is 26.0 Å². The molecule has 0 bridgehead atoms. The topological polar surface area (TPSA) is 74.7 Å². The van der Waals surface area contributed by atoms with Crippen molar-refractivity contribution in [1.82, 2.24) is 4.98 Å². The summed E-state index contributed by atoms with van der Waals surface area (Å²) in [5.41, 5.74) is 1.25. The highest BCUT2D eigenvalue weighted by Gasteiger charge is 2.25. The summed E-state index contributed by atoms with van der Waals surface area (Å²) < 4.78 is 42.6. The normalized spacial score (nSPS) is 11.4. The Morgan fingerprint density at radius 3 is 2.37 bits per heavy atom. The standard InChI is InChI=1S/C20H21NO5S/c1-4-24-17-13-19(18(25-5-2)12-14(17)3)27(22,23)26-16-10-6-8-15-9-7-11-21-20(15)16/h6-13H,4-5H2,1-3H3. The Morgan fingerprint density at radius 1 is 0.926 bits per heavy atom. The lowest BCUT2D eigenvalue weighted by Crippen LogP contribution is -2.13. The van der Waals surface area contributed by atoms with Gasteiger partial charge in [0, 0.05) is 17.6 Å². The Hall–Kier alpha value is -2.80. The second-order valence-electron chi connectivity index (χ2n) is 5.80. The van der Waals surface area contributed by atoms with Crippen molar-refractivity contribution < 1.29 is 22.1 Å². The third-order valence-corrected chi connectivity index (χ3v) is 5.16. The summed E-state index contributed by atoms with van der Waals surface area (Å²) >= 11 is 0. The van der Waals surface area contributed by atoms with Gasteiger partial charge in [-0.15, -0.1) is 0 Å². The Labute approximate surface area is 158 Å². The van der Waals surface area contributed by atoms with Gasteiger partial charge in [-0.25, -0.2) is 0 Å². The molecule has 1 heterocycles. The average molecular weight is 387 g/mol. The third kappa shape index (κ3) is 3.98. The van der Waals surface area contributed by atoms with Gasteiger partial charge in [-0.3, -0.25) is 4.98 Å². The predicted octanol–water partition coefficient (Wildman–Crippen LogP) is 4.11. The summed E-state index contributed by atoms with van der Waals surface area (Å²) in [6.07, 6.45) is 1.59. The van der Waals surface area contributed by atoms with E-state index < -0.39 is 10.1 Å². The minimum absolute atomic E-state index is 0.0775. The summed E-state index contributed by atoms with van der Waals surface area (Å²) in [7, 11) is -4.16. The van der Waals surface area contributed by atoms with Gasteiger partial charge in [-0.05, 0) is 44.5 Å². The van der Waals surface area contributed by atoms with Crippen molar-refractivity contribution in [1.29, 1.82) is 0 Å². The van der Waals surface area contributed by atoms with Crippen LogP contribution in [-0.4, -0.2) is 26.6 Å². The van der Waals surface area contributed by atoms with Gasteiger partial charge in [0.15, 0.2) is 10.6 Å². The van der Waals surface area contributed by atoms with E-state index in [4.69, 9.17) is 13.7 Å². The first-order valence-corrected chi connectivity index (χ1v) is 10.1. The van der Waals surface area contributed by atoms with E-state index in [0.29, 0.717) is 24.5 Å². The number of aromatic nitrogens is 1. The molecule has 6 nitrogen and oxygen atoms in total. The molecule has 0 saturated carbocycles. The highest BCUT2D eigenvalue weighted by Crippen LogP contribution is 2.35. The van der Waals surface area contributed by atoms with Gasteiger partial charge < -0.3 is 13.7 Å². The third-order valence-electron chi connectivity index (χ3n) is 3.91. The molecule has 3 aromatic rings. The largest absolute Gasteiger partial charge is 0.494 e. The summed E-state index contributed by atoms with van der Waals surface area (Å²) in [5.74, 6) is 0.861. The number of fused-ring (bicyclic) bond motifs is 1. The molecule has 0 unspecified atom stereocenters. The number of hydrogen-bond donors (Lipinski definition) is 0. The molecular formula is C20H21NO5S. The lowest BCUT2D eigenvalue weighted by atomic mass is 10.2. The number of hydrogen-bond acceptors (Lipinski definition) is 6. The van der Waals surface area contributed by atoms with Gasteiger partial charge in [0.25, 0.3) is 0 Å². The maximum Gasteiger partial charge on any atom is 0.343 e. The van der Waals surface area contributed by atoms with Crippen molar-refractivity contribution in [2.75, 3.05) is 13.2 Å². The number of pyridine rings is 1. The molecular weight excluding hydrogens is 366 g/mol. The SMILES string of the molecule is CCOc1cc(S(=O)(=O)Oc2cccc3cccnc23)c(OCC)cc1C. The summed E-state index contributed by atoms with van der Waals surface area (Å²) in [6, 6.07) is 11.8. The molecule has 0 N–H and O–H groups in total. The van der Waals surface area contributed by atoms with E-state index in [9.17, 15) is 8.42 Å². The molecule has 0 aliphatic rings. The van der Waals surface area contributed by atoms with Gasteiger partial charge in [0.1, 0.15) is 17.0 Å². The lowest BCUT2D eigenvalue weighted by molar-refractivity contribution is 0.319. The maximum atomic E-state index is 13.0. The fourth-order valence-corrected chi connectivity index (χ4v) is 3.80. The van der Waals surface area contributed by atoms with Crippen LogP contribution < -0.4 is 13.7 Å². The number of aryl methyl sites for hydroxylation is 1. The number of nitrogens with zero attached hydrogens (tertiary/aromatic N) is 1. The van der Waals surface area contributed by atoms with Crippen molar-refractivity contribution in [3.8, 4) is 17.2 Å². The van der Waals surface area contributed by atoms with E-state index in [-0.39, 0.29) is 16.4 Å². The van der Waals surface area contributed by atoms with Crippen molar-refractivity contribution in [3.05, 3.63) is 54.2 Å². The molecule has 0 spiro atoms. The van der Waals surface area contributed by atoms with Crippen molar-refractivity contribution in [2.45, 2.75) is 25.7 Å². The van der Waals surface area contributed by atoms with Gasteiger partial charge >= 0.3 is 10.1 Å². The van der Waals surface area contributed by atoms with E-state index in [0.717, 1.165) is 10.9 Å². The summed E-state index contributed by atoms with van der Waals surface area (Å²) in [5, 5.41) is 0.786. The average Bonchev–Trinajstić information content (AvgIpc) is 2.64. The fourth-order valence-electron chi connectivity index (χ4n) is 2.72. The van der Waals surface area contributed by atoms with Crippen LogP contribution in [0.1, 0.15) is 19.4 Å². The van der Waals surface area contributed by atoms with Crippen LogP contribution in [-0.2, 0) is 10.1 Å². The van der Waals surface area contributed by atoms with Crippen LogP contribution in [0.3, 0.4) is 0 Å². The number of ether oxygens (including phenoxy) is 2. The Morgan fingerprint density at radius 2 is 1.63 bits per heavy atom. The first-order chi connectivity index (χ1) is 13.0. The summed E-state index contributed by atoms with van der Waals surface area (Å²) in [4.78, 5) is 4.16. The monoisotopic (exact) mass is 387 g/mol. The smallest absolute Gasteiger partial charge is 0.343 e. The molecule has 1 aromatic heterocycles. The van der Waals surface area contributed by atoms with Gasteiger partial charge in [-0.1, -0.05) is 18.2 Å². The minimum atomic E-state index is -4.16. The zero-order chi connectivity index (χ0) is 19.4. The molecule has 142 valence electrons. The second kappa shape index (κ2) is 7.84. The van der Waals surface area contributed by atoms with Crippen LogP contribution in [0.25, 0.3) is 10.9 Å². The van der Waals surface area contributed by atoms with Crippen LogP contribution in [0.2, 0.25) is 0 Å². The van der Waals surface area contributed by atoms with E-state index in [1.54, 1.807) is 37.4 Å². The van der Waals surface area contributed by atoms with Gasteiger partial charge in [-0.2, -0.15) is 8.42 Å². The van der Waals surface area contributed by atoms with E-state index >= 15 is 0 Å². The maximum absolute atomic E-state index is 13.0. The molecule has 2 aromatic carbocycles. The molecule has 0 aliphatic carbocycles. The fraction of sp³-hybridized carbons (Fsp3) is 0.250. The lowest BCUT2D eigenvalue weighted by Gasteiger charge is -2.16. The highest BCUT2D eigenvalue weighted by molar-refractivity contribution is 7.87. The van der Waals surface area contributed by atoms with Crippen molar-refractivity contribution in [3.63, 3.8) is 0 Å². The molecule has 0 fully saturated rings. The van der Waals surface area contributed by atoms with Gasteiger partial charge in [0.2, 0.25) is 0 Å². The highest BCUT2D eigenvalue weighted by atomic mass is 32.2. The first-order valence-electron chi connectivity index (χ1n) is 8.64. The molecule has 0 atom stereocenters. The zero-order valence-electron chi connectivity index (χ0n) is 15.4. The Balaban J connectivity index is 2.09. The van der Waals surface area contributed by atoms with Crippen LogP contribution in [0, 0.1) is 6.92 Å². The number of para-hydroxylation sites is 1. The van der Waals surface area contributed by atoms with E-state index in [1.165, 1.54) is 6.07 Å². The molecule has 7 heteroatoms. The molecule has 27 heavy (non-hydrogen) atoms. The molecule has 3 rings (SSSR count). The molecule has 0 radical (unpaired) electrons. The van der Waals surface area contributed by atoms with Crippen molar-refractivity contribution in [2.24, 2.45) is 0 Å². The Bertz CT molecular complexity index is 1060. The summed E-state index contributed by atoms with van der Waals surface area (Å²) in [6.45, 7) is 6.20. The van der Waals surface area contributed by atoms with Crippen LogP contribution in [0.4, 0.5) is 0 Å². The minimum Gasteiger partial charge on any atom is -0.494 e. The first kappa shape index (κ1) is 19.0. The van der Waals surface area contributed by atoms with E-state index in [2.05, 4.69) is 4.98 Å². The van der Waals surface area contributed by atoms with Crippen molar-refractivity contribution >= 4 is 21.0 Å². The van der Waals surface area contributed by atoms with Gasteiger partial charge in [0.05, 0.1) is 13.2 Å². The quantitative estimate of drug-likeness (QED) is 0.568. The Kier molecular flexibility index (Phi) is 5.51. The zero-order valence-corrected chi connectivity index (χ0v) is 16.2. The number of rotatable bonds is 7. The second-order valence-corrected chi connectivity index (χ2v) is 7.31.